The first-order valence-electron chi connectivity index (χ1n) is 6.93. The minimum absolute atomic E-state index is 0.674. The van der Waals surface area contributed by atoms with E-state index in [2.05, 4.69) is 15.5 Å². The third kappa shape index (κ3) is 2.77. The van der Waals surface area contributed by atoms with Crippen molar-refractivity contribution in [2.45, 2.75) is 20.8 Å². The van der Waals surface area contributed by atoms with Gasteiger partial charge in [-0.15, -0.1) is 10.2 Å². The number of aromatic nitrogens is 2. The van der Waals surface area contributed by atoms with Crippen LogP contribution in [-0.4, -0.2) is 31.0 Å². The van der Waals surface area contributed by atoms with Gasteiger partial charge in [0.1, 0.15) is 5.69 Å². The maximum Gasteiger partial charge on any atom is 0.170 e. The monoisotopic (exact) mass is 287 g/mol. The lowest BCUT2D eigenvalue weighted by Gasteiger charge is -2.15. The van der Waals surface area contributed by atoms with Gasteiger partial charge in [0.25, 0.3) is 0 Å². The van der Waals surface area contributed by atoms with Gasteiger partial charge in [-0.3, -0.25) is 0 Å². The lowest BCUT2D eigenvalue weighted by Crippen LogP contribution is -2.06. The van der Waals surface area contributed by atoms with E-state index in [9.17, 15) is 0 Å². The summed E-state index contributed by atoms with van der Waals surface area (Å²) < 4.78 is 10.8. The molecule has 5 nitrogen and oxygen atoms in total. The molecular formula is C16H21N3O2. The van der Waals surface area contributed by atoms with Gasteiger partial charge in [-0.25, -0.2) is 0 Å². The van der Waals surface area contributed by atoms with Crippen LogP contribution < -0.4 is 14.8 Å². The Morgan fingerprint density at radius 1 is 1.05 bits per heavy atom. The van der Waals surface area contributed by atoms with Crippen LogP contribution in [0.5, 0.6) is 11.5 Å². The van der Waals surface area contributed by atoms with Crippen LogP contribution in [0.3, 0.4) is 0 Å². The highest BCUT2D eigenvalue weighted by atomic mass is 16.5. The second-order valence-corrected chi connectivity index (χ2v) is 4.72. The molecule has 0 radical (unpaired) electrons. The molecule has 0 bridgehead atoms. The van der Waals surface area contributed by atoms with Gasteiger partial charge in [-0.05, 0) is 44.0 Å². The summed E-state index contributed by atoms with van der Waals surface area (Å²) in [7, 11) is 3.25. The molecule has 1 aromatic heterocycles. The summed E-state index contributed by atoms with van der Waals surface area (Å²) in [6, 6.07) is 5.75. The first-order valence-corrected chi connectivity index (χ1v) is 6.93. The predicted octanol–water partition coefficient (Wildman–Crippen LogP) is 3.21. The van der Waals surface area contributed by atoms with Gasteiger partial charge < -0.3 is 14.8 Å². The lowest BCUT2D eigenvalue weighted by atomic mass is 10.0. The van der Waals surface area contributed by atoms with E-state index < -0.39 is 0 Å². The van der Waals surface area contributed by atoms with Crippen molar-refractivity contribution in [1.29, 1.82) is 0 Å². The number of benzene rings is 1. The van der Waals surface area contributed by atoms with E-state index in [1.165, 1.54) is 0 Å². The van der Waals surface area contributed by atoms with Crippen molar-refractivity contribution in [2.75, 3.05) is 26.1 Å². The number of hydrogen-bond acceptors (Lipinski definition) is 5. The van der Waals surface area contributed by atoms with Gasteiger partial charge in [-0.2, -0.15) is 0 Å². The summed E-state index contributed by atoms with van der Waals surface area (Å²) in [5.41, 5.74) is 3.86. The van der Waals surface area contributed by atoms with E-state index in [0.717, 1.165) is 34.7 Å². The van der Waals surface area contributed by atoms with Crippen LogP contribution >= 0.6 is 0 Å². The van der Waals surface area contributed by atoms with Gasteiger partial charge in [0.2, 0.25) is 0 Å². The summed E-state index contributed by atoms with van der Waals surface area (Å²) in [5, 5.41) is 11.9. The lowest BCUT2D eigenvalue weighted by molar-refractivity contribution is 0.356. The fourth-order valence-electron chi connectivity index (χ4n) is 2.27. The van der Waals surface area contributed by atoms with Crippen LogP contribution in [0.4, 0.5) is 5.82 Å². The summed E-state index contributed by atoms with van der Waals surface area (Å²) in [5.74, 6) is 2.18. The van der Waals surface area contributed by atoms with Crippen LogP contribution in [0.2, 0.25) is 0 Å². The molecule has 1 N–H and O–H groups in total. The van der Waals surface area contributed by atoms with E-state index in [0.29, 0.717) is 11.5 Å². The van der Waals surface area contributed by atoms with Crippen molar-refractivity contribution in [3.8, 4) is 22.8 Å². The number of para-hydroxylation sites is 1. The average molecular weight is 287 g/mol. The molecule has 2 rings (SSSR count). The molecule has 0 fully saturated rings. The Kier molecular flexibility index (Phi) is 4.62. The number of hydrogen-bond donors (Lipinski definition) is 1. The zero-order valence-corrected chi connectivity index (χ0v) is 13.2. The Morgan fingerprint density at radius 3 is 2.43 bits per heavy atom. The van der Waals surface area contributed by atoms with Gasteiger partial charge >= 0.3 is 0 Å². The third-order valence-corrected chi connectivity index (χ3v) is 3.53. The smallest absolute Gasteiger partial charge is 0.170 e. The molecular weight excluding hydrogens is 266 g/mol. The standard InChI is InChI=1S/C16H21N3O2/c1-6-17-16-11(3)10(2)14(18-19-16)12-8-7-9-13(20-4)15(12)21-5/h7-9H,6H2,1-5H3,(H,17,19). The topological polar surface area (TPSA) is 56.3 Å². The summed E-state index contributed by atoms with van der Waals surface area (Å²) in [6.45, 7) is 6.93. The van der Waals surface area contributed by atoms with Gasteiger partial charge in [0.05, 0.1) is 14.2 Å². The molecule has 0 spiro atoms. The van der Waals surface area contributed by atoms with Crippen LogP contribution in [0.25, 0.3) is 11.3 Å². The molecule has 1 aromatic carbocycles. The Bertz CT molecular complexity index is 642. The zero-order valence-electron chi connectivity index (χ0n) is 13.2. The molecule has 2 aromatic rings. The second kappa shape index (κ2) is 6.43. The SMILES string of the molecule is CCNc1nnc(-c2cccc(OC)c2OC)c(C)c1C. The number of nitrogens with one attached hydrogen (secondary N) is 1. The van der Waals surface area contributed by atoms with Crippen LogP contribution in [0.15, 0.2) is 18.2 Å². The predicted molar refractivity (Wildman–Crippen MR) is 84.2 cm³/mol. The van der Waals surface area contributed by atoms with Crippen molar-refractivity contribution >= 4 is 5.82 Å². The number of rotatable bonds is 5. The van der Waals surface area contributed by atoms with E-state index >= 15 is 0 Å². The Hall–Kier alpha value is -2.30. The summed E-state index contributed by atoms with van der Waals surface area (Å²) in [6.07, 6.45) is 0. The Balaban J connectivity index is 2.60. The zero-order chi connectivity index (χ0) is 15.4. The van der Waals surface area contributed by atoms with Crippen molar-refractivity contribution < 1.29 is 9.47 Å². The normalized spacial score (nSPS) is 10.3. The average Bonchev–Trinajstić information content (AvgIpc) is 2.51. The molecule has 0 saturated carbocycles. The minimum Gasteiger partial charge on any atom is -0.493 e. The van der Waals surface area contributed by atoms with E-state index in [1.807, 2.05) is 39.0 Å². The Morgan fingerprint density at radius 2 is 1.81 bits per heavy atom. The van der Waals surface area contributed by atoms with Crippen molar-refractivity contribution in [3.05, 3.63) is 29.3 Å². The van der Waals surface area contributed by atoms with E-state index in [1.54, 1.807) is 14.2 Å². The number of nitrogens with zero attached hydrogens (tertiary/aromatic N) is 2. The molecule has 21 heavy (non-hydrogen) atoms. The largest absolute Gasteiger partial charge is 0.493 e. The van der Waals surface area contributed by atoms with Crippen molar-refractivity contribution in [3.63, 3.8) is 0 Å². The van der Waals surface area contributed by atoms with Gasteiger partial charge in [-0.1, -0.05) is 6.07 Å². The maximum absolute atomic E-state index is 5.49. The molecule has 0 amide bonds. The maximum atomic E-state index is 5.49. The highest BCUT2D eigenvalue weighted by molar-refractivity contribution is 5.74. The van der Waals surface area contributed by atoms with Crippen LogP contribution in [0, 0.1) is 13.8 Å². The summed E-state index contributed by atoms with van der Waals surface area (Å²) in [4.78, 5) is 0. The molecule has 0 aliphatic rings. The molecule has 0 saturated heterocycles. The first kappa shape index (κ1) is 15.1. The second-order valence-electron chi connectivity index (χ2n) is 4.72. The van der Waals surface area contributed by atoms with Crippen LogP contribution in [-0.2, 0) is 0 Å². The van der Waals surface area contributed by atoms with Gasteiger partial charge in [0.15, 0.2) is 17.3 Å². The molecule has 0 unspecified atom stereocenters. The Labute approximate surface area is 125 Å². The number of methoxy groups -OCH3 is 2. The molecule has 0 aliphatic carbocycles. The molecule has 0 atom stereocenters. The molecule has 1 heterocycles. The molecule has 5 heteroatoms. The van der Waals surface area contributed by atoms with Crippen molar-refractivity contribution in [2.24, 2.45) is 0 Å². The van der Waals surface area contributed by atoms with E-state index in [-0.39, 0.29) is 0 Å². The quantitative estimate of drug-likeness (QED) is 0.915. The molecule has 112 valence electrons. The van der Waals surface area contributed by atoms with Crippen molar-refractivity contribution in [1.82, 2.24) is 10.2 Å². The fourth-order valence-corrected chi connectivity index (χ4v) is 2.27. The number of anilines is 1. The molecule has 0 aliphatic heterocycles. The third-order valence-electron chi connectivity index (χ3n) is 3.53. The summed E-state index contributed by atoms with van der Waals surface area (Å²) >= 11 is 0. The first-order chi connectivity index (χ1) is 10.1. The van der Waals surface area contributed by atoms with Gasteiger partial charge in [0, 0.05) is 12.1 Å². The fraction of sp³-hybridized carbons (Fsp3) is 0.375. The van der Waals surface area contributed by atoms with Crippen LogP contribution in [0.1, 0.15) is 18.1 Å². The highest BCUT2D eigenvalue weighted by Gasteiger charge is 2.17. The number of ether oxygens (including phenoxy) is 2. The van der Waals surface area contributed by atoms with E-state index in [4.69, 9.17) is 9.47 Å². The highest BCUT2D eigenvalue weighted by Crippen LogP contribution is 2.38. The minimum atomic E-state index is 0.674.